The second-order valence-electron chi connectivity index (χ2n) is 7.14. The van der Waals surface area contributed by atoms with E-state index in [1.807, 2.05) is 0 Å². The van der Waals surface area contributed by atoms with Gasteiger partial charge in [-0.15, -0.1) is 0 Å². The number of ether oxygens (including phenoxy) is 2. The molecule has 2 aromatic heterocycles. The average Bonchev–Trinajstić information content (AvgIpc) is 3.28. The lowest BCUT2D eigenvalue weighted by Crippen LogP contribution is -2.39. The number of hydrogen-bond donors (Lipinski definition) is 2. The standard InChI is InChI=1S/C19H18N2O7/c1-19(2,25)15-6-11-13(28-15)7-14-16(17(11)23)12(22)5-10(27-14)8-26-18(24)21-4-3-20-9-21/h3-5,7,9,15,23,25H,6,8H2,1-2H3. The molecule has 1 atom stereocenters. The summed E-state index contributed by atoms with van der Waals surface area (Å²) in [6.45, 7) is 2.94. The number of phenols is 1. The van der Waals surface area contributed by atoms with Crippen LogP contribution in [0, 0.1) is 0 Å². The molecule has 0 aliphatic carbocycles. The first-order valence-electron chi connectivity index (χ1n) is 8.59. The number of nitrogens with zero attached hydrogens (tertiary/aromatic N) is 2. The Labute approximate surface area is 158 Å². The SMILES string of the molecule is CC(C)(O)C1Cc2c(cc3oc(COC(=O)n4ccnc4)cc(=O)c3c2O)O1. The third-order valence-corrected chi connectivity index (χ3v) is 4.61. The minimum Gasteiger partial charge on any atom is -0.507 e. The van der Waals surface area contributed by atoms with Gasteiger partial charge in [0.2, 0.25) is 0 Å². The van der Waals surface area contributed by atoms with Gasteiger partial charge < -0.3 is 24.1 Å². The second-order valence-corrected chi connectivity index (χ2v) is 7.14. The molecule has 2 N–H and O–H groups in total. The van der Waals surface area contributed by atoms with Crippen LogP contribution in [0.3, 0.4) is 0 Å². The second kappa shape index (κ2) is 6.38. The van der Waals surface area contributed by atoms with E-state index in [1.54, 1.807) is 13.8 Å². The predicted octanol–water partition coefficient (Wildman–Crippen LogP) is 1.95. The molecule has 4 rings (SSSR count). The highest BCUT2D eigenvalue weighted by Crippen LogP contribution is 2.42. The maximum Gasteiger partial charge on any atom is 0.419 e. The van der Waals surface area contributed by atoms with E-state index in [2.05, 4.69) is 4.98 Å². The number of fused-ring (bicyclic) bond motifs is 2. The molecule has 1 unspecified atom stereocenters. The topological polar surface area (TPSA) is 124 Å². The fraction of sp³-hybridized carbons (Fsp3) is 0.316. The summed E-state index contributed by atoms with van der Waals surface area (Å²) in [6.07, 6.45) is 3.18. The van der Waals surface area contributed by atoms with Crippen LogP contribution < -0.4 is 10.2 Å². The van der Waals surface area contributed by atoms with Crippen LogP contribution in [-0.2, 0) is 17.8 Å². The van der Waals surface area contributed by atoms with Crippen LogP contribution in [0.25, 0.3) is 11.0 Å². The molecule has 3 heterocycles. The zero-order valence-corrected chi connectivity index (χ0v) is 15.2. The smallest absolute Gasteiger partial charge is 0.419 e. The van der Waals surface area contributed by atoms with E-state index >= 15 is 0 Å². The molecule has 28 heavy (non-hydrogen) atoms. The molecule has 1 aliphatic rings. The fourth-order valence-electron chi connectivity index (χ4n) is 3.09. The van der Waals surface area contributed by atoms with E-state index < -0.39 is 23.2 Å². The Bertz CT molecular complexity index is 1110. The van der Waals surface area contributed by atoms with Crippen LogP contribution in [0.2, 0.25) is 0 Å². The average molecular weight is 386 g/mol. The van der Waals surface area contributed by atoms with E-state index in [1.165, 1.54) is 30.9 Å². The highest BCUT2D eigenvalue weighted by molar-refractivity contribution is 5.87. The van der Waals surface area contributed by atoms with Crippen LogP contribution in [0.1, 0.15) is 25.2 Å². The van der Waals surface area contributed by atoms with Crippen LogP contribution in [0.15, 0.2) is 40.1 Å². The first-order valence-corrected chi connectivity index (χ1v) is 8.59. The molecule has 9 nitrogen and oxygen atoms in total. The van der Waals surface area contributed by atoms with Crippen molar-refractivity contribution in [3.8, 4) is 11.5 Å². The zero-order chi connectivity index (χ0) is 20.1. The lowest BCUT2D eigenvalue weighted by molar-refractivity contribution is -0.0229. The van der Waals surface area contributed by atoms with Crippen LogP contribution >= 0.6 is 0 Å². The van der Waals surface area contributed by atoms with Gasteiger partial charge in [0.05, 0.1) is 5.60 Å². The molecule has 3 aromatic rings. The predicted molar refractivity (Wildman–Crippen MR) is 96.4 cm³/mol. The summed E-state index contributed by atoms with van der Waals surface area (Å²) in [5.41, 5.74) is -1.04. The fourth-order valence-corrected chi connectivity index (χ4v) is 3.09. The maximum absolute atomic E-state index is 12.5. The van der Waals surface area contributed by atoms with Crippen molar-refractivity contribution < 1.29 is 28.9 Å². The minimum atomic E-state index is -1.12. The number of carbonyl (C=O) groups is 1. The van der Waals surface area contributed by atoms with E-state index in [0.29, 0.717) is 11.3 Å². The van der Waals surface area contributed by atoms with Gasteiger partial charge in [0.1, 0.15) is 40.7 Å². The molecular weight excluding hydrogens is 368 g/mol. The molecule has 0 saturated carbocycles. The maximum atomic E-state index is 12.5. The number of benzene rings is 1. The lowest BCUT2D eigenvalue weighted by Gasteiger charge is -2.24. The first-order chi connectivity index (χ1) is 13.2. The van der Waals surface area contributed by atoms with E-state index in [4.69, 9.17) is 13.9 Å². The molecule has 0 radical (unpaired) electrons. The summed E-state index contributed by atoms with van der Waals surface area (Å²) in [5, 5.41) is 20.7. The van der Waals surface area contributed by atoms with Gasteiger partial charge in [-0.3, -0.25) is 4.79 Å². The van der Waals surface area contributed by atoms with Gasteiger partial charge in [0.25, 0.3) is 0 Å². The van der Waals surface area contributed by atoms with Gasteiger partial charge in [0.15, 0.2) is 12.0 Å². The summed E-state index contributed by atoms with van der Waals surface area (Å²) in [6, 6.07) is 2.66. The van der Waals surface area contributed by atoms with Crippen molar-refractivity contribution >= 4 is 17.1 Å². The molecule has 0 bridgehead atoms. The molecule has 146 valence electrons. The van der Waals surface area contributed by atoms with Crippen molar-refractivity contribution in [2.75, 3.05) is 0 Å². The van der Waals surface area contributed by atoms with Crippen LogP contribution in [0.5, 0.6) is 11.5 Å². The van der Waals surface area contributed by atoms with Crippen molar-refractivity contribution in [2.45, 2.75) is 38.6 Å². The molecule has 1 aromatic carbocycles. The van der Waals surface area contributed by atoms with Gasteiger partial charge in [-0.1, -0.05) is 0 Å². The molecule has 9 heteroatoms. The zero-order valence-electron chi connectivity index (χ0n) is 15.2. The highest BCUT2D eigenvalue weighted by atomic mass is 16.6. The molecule has 0 amide bonds. The van der Waals surface area contributed by atoms with Gasteiger partial charge in [-0.05, 0) is 13.8 Å². The third-order valence-electron chi connectivity index (χ3n) is 4.61. The van der Waals surface area contributed by atoms with Crippen molar-refractivity contribution in [3.05, 3.63) is 52.4 Å². The molecular formula is C19H18N2O7. The quantitative estimate of drug-likeness (QED) is 0.700. The third kappa shape index (κ3) is 3.09. The Morgan fingerprint density at radius 1 is 1.43 bits per heavy atom. The van der Waals surface area contributed by atoms with Crippen molar-refractivity contribution in [3.63, 3.8) is 0 Å². The van der Waals surface area contributed by atoms with Gasteiger partial charge in [-0.25, -0.2) is 14.3 Å². The molecule has 0 fully saturated rings. The Balaban J connectivity index is 1.65. The van der Waals surface area contributed by atoms with Gasteiger partial charge >= 0.3 is 6.09 Å². The normalized spacial score (nSPS) is 16.0. The number of hydrogen-bond acceptors (Lipinski definition) is 8. The molecule has 1 aliphatic heterocycles. The minimum absolute atomic E-state index is 0.0171. The summed E-state index contributed by atoms with van der Waals surface area (Å²) < 4.78 is 17.6. The summed E-state index contributed by atoms with van der Waals surface area (Å²) >= 11 is 0. The lowest BCUT2D eigenvalue weighted by atomic mass is 9.96. The Kier molecular flexibility index (Phi) is 4.11. The Morgan fingerprint density at radius 2 is 2.21 bits per heavy atom. The monoisotopic (exact) mass is 386 g/mol. The number of phenolic OH excluding ortho intramolecular Hbond substituents is 1. The number of carbonyl (C=O) groups excluding carboxylic acids is 1. The molecule has 0 saturated heterocycles. The molecule has 0 spiro atoms. The number of aromatic nitrogens is 2. The van der Waals surface area contributed by atoms with Crippen molar-refractivity contribution in [1.82, 2.24) is 9.55 Å². The van der Waals surface area contributed by atoms with Gasteiger partial charge in [-0.2, -0.15) is 0 Å². The Hall–Kier alpha value is -3.33. The van der Waals surface area contributed by atoms with Crippen molar-refractivity contribution in [1.29, 1.82) is 0 Å². The number of aliphatic hydroxyl groups is 1. The number of rotatable bonds is 3. The van der Waals surface area contributed by atoms with E-state index in [-0.39, 0.29) is 35.5 Å². The summed E-state index contributed by atoms with van der Waals surface area (Å²) in [7, 11) is 0. The largest absolute Gasteiger partial charge is 0.507 e. The summed E-state index contributed by atoms with van der Waals surface area (Å²) in [5.74, 6) is 0.227. The highest BCUT2D eigenvalue weighted by Gasteiger charge is 2.37. The van der Waals surface area contributed by atoms with Gasteiger partial charge in [0, 0.05) is 36.5 Å². The van der Waals surface area contributed by atoms with E-state index in [9.17, 15) is 19.8 Å². The Morgan fingerprint density at radius 3 is 2.89 bits per heavy atom. The van der Waals surface area contributed by atoms with Crippen molar-refractivity contribution in [2.24, 2.45) is 0 Å². The summed E-state index contributed by atoms with van der Waals surface area (Å²) in [4.78, 5) is 28.1. The first kappa shape index (κ1) is 18.1. The number of imidazole rings is 1. The van der Waals surface area contributed by atoms with Crippen LogP contribution in [0.4, 0.5) is 4.79 Å². The number of aromatic hydroxyl groups is 1. The van der Waals surface area contributed by atoms with E-state index in [0.717, 1.165) is 4.57 Å². The van der Waals surface area contributed by atoms with Crippen LogP contribution in [-0.4, -0.2) is 37.6 Å².